The van der Waals surface area contributed by atoms with E-state index in [2.05, 4.69) is 61.8 Å². The van der Waals surface area contributed by atoms with Crippen LogP contribution < -0.4 is 10.1 Å². The molecule has 0 fully saturated rings. The molecule has 2 aromatic carbocycles. The van der Waals surface area contributed by atoms with Crippen LogP contribution in [0.3, 0.4) is 0 Å². The van der Waals surface area contributed by atoms with Gasteiger partial charge in [0.1, 0.15) is 11.4 Å². The van der Waals surface area contributed by atoms with Crippen LogP contribution in [0.15, 0.2) is 53.4 Å². The zero-order valence-electron chi connectivity index (χ0n) is 12.0. The normalized spacial score (nSPS) is 19.2. The number of anilines is 1. The Bertz CT molecular complexity index is 607. The number of nitrogens with one attached hydrogen (secondary N) is 1. The fourth-order valence-corrected chi connectivity index (χ4v) is 3.04. The van der Waals surface area contributed by atoms with Crippen LogP contribution in [-0.2, 0) is 0 Å². The summed E-state index contributed by atoms with van der Waals surface area (Å²) in [5.41, 5.74) is 2.11. The Morgan fingerprint density at radius 2 is 1.75 bits per heavy atom. The van der Waals surface area contributed by atoms with Crippen molar-refractivity contribution in [1.29, 1.82) is 0 Å². The van der Waals surface area contributed by atoms with Gasteiger partial charge in [-0.15, -0.1) is 11.8 Å². The van der Waals surface area contributed by atoms with Crippen molar-refractivity contribution in [2.24, 2.45) is 0 Å². The second-order valence-corrected chi connectivity index (χ2v) is 6.43. The first-order chi connectivity index (χ1) is 9.60. The molecule has 0 saturated heterocycles. The van der Waals surface area contributed by atoms with Crippen molar-refractivity contribution < 1.29 is 4.74 Å². The van der Waals surface area contributed by atoms with Gasteiger partial charge in [-0.1, -0.05) is 18.2 Å². The van der Waals surface area contributed by atoms with E-state index in [1.165, 1.54) is 10.5 Å². The van der Waals surface area contributed by atoms with Gasteiger partial charge in [0.15, 0.2) is 0 Å². The maximum atomic E-state index is 6.06. The Kier molecular flexibility index (Phi) is 3.38. The molecule has 104 valence electrons. The number of thioether (sulfide) groups is 1. The number of benzene rings is 2. The van der Waals surface area contributed by atoms with Gasteiger partial charge in [-0.3, -0.25) is 0 Å². The molecule has 0 amide bonds. The van der Waals surface area contributed by atoms with E-state index in [0.717, 1.165) is 11.4 Å². The molecule has 20 heavy (non-hydrogen) atoms. The van der Waals surface area contributed by atoms with E-state index in [0.29, 0.717) is 0 Å². The summed E-state index contributed by atoms with van der Waals surface area (Å²) in [5, 5.41) is 3.60. The lowest BCUT2D eigenvalue weighted by atomic mass is 9.94. The van der Waals surface area contributed by atoms with Crippen LogP contribution in [0.2, 0.25) is 0 Å². The number of rotatable bonds is 3. The standard InChI is InChI=1S/C17H19NOS/c1-17(2)16(14-6-4-5-7-15(14)19-17)18-12-8-10-13(20-3)11-9-12/h4-11,16,18H,1-3H3. The van der Waals surface area contributed by atoms with Gasteiger partial charge in [-0.05, 0) is 50.4 Å². The third-order valence-electron chi connectivity index (χ3n) is 3.70. The Hall–Kier alpha value is -1.61. The van der Waals surface area contributed by atoms with Crippen LogP contribution >= 0.6 is 11.8 Å². The van der Waals surface area contributed by atoms with Crippen molar-refractivity contribution in [2.45, 2.75) is 30.4 Å². The van der Waals surface area contributed by atoms with Gasteiger partial charge < -0.3 is 10.1 Å². The number of fused-ring (bicyclic) bond motifs is 1. The molecule has 3 rings (SSSR count). The predicted molar refractivity (Wildman–Crippen MR) is 85.7 cm³/mol. The molecule has 0 radical (unpaired) electrons. The first-order valence-electron chi connectivity index (χ1n) is 6.79. The summed E-state index contributed by atoms with van der Waals surface area (Å²) >= 11 is 1.76. The van der Waals surface area contributed by atoms with E-state index >= 15 is 0 Å². The van der Waals surface area contributed by atoms with Gasteiger partial charge in [-0.25, -0.2) is 0 Å². The van der Waals surface area contributed by atoms with E-state index in [1.807, 2.05) is 12.1 Å². The fraction of sp³-hybridized carbons (Fsp3) is 0.294. The van der Waals surface area contributed by atoms with Crippen molar-refractivity contribution in [2.75, 3.05) is 11.6 Å². The number of hydrogen-bond acceptors (Lipinski definition) is 3. The summed E-state index contributed by atoms with van der Waals surface area (Å²) in [6.45, 7) is 4.25. The van der Waals surface area contributed by atoms with Gasteiger partial charge in [0.25, 0.3) is 0 Å². The van der Waals surface area contributed by atoms with Crippen LogP contribution in [0, 0.1) is 0 Å². The average Bonchev–Trinajstić information content (AvgIpc) is 2.70. The van der Waals surface area contributed by atoms with Crippen molar-refractivity contribution in [3.8, 4) is 5.75 Å². The highest BCUT2D eigenvalue weighted by atomic mass is 32.2. The molecule has 0 aliphatic carbocycles. The summed E-state index contributed by atoms with van der Waals surface area (Å²) in [4.78, 5) is 1.28. The van der Waals surface area contributed by atoms with Crippen LogP contribution in [0.25, 0.3) is 0 Å². The Morgan fingerprint density at radius 3 is 2.45 bits per heavy atom. The van der Waals surface area contributed by atoms with E-state index in [4.69, 9.17) is 4.74 Å². The monoisotopic (exact) mass is 285 g/mol. The summed E-state index contributed by atoms with van der Waals surface area (Å²) in [5.74, 6) is 0.982. The zero-order valence-corrected chi connectivity index (χ0v) is 12.8. The largest absolute Gasteiger partial charge is 0.485 e. The third kappa shape index (κ3) is 2.38. The molecule has 2 aromatic rings. The van der Waals surface area contributed by atoms with Crippen LogP contribution in [0.1, 0.15) is 25.5 Å². The van der Waals surface area contributed by atoms with Gasteiger partial charge in [0, 0.05) is 16.1 Å². The van der Waals surface area contributed by atoms with Gasteiger partial charge in [0.05, 0.1) is 6.04 Å². The molecular formula is C17H19NOS. The fourth-order valence-electron chi connectivity index (χ4n) is 2.63. The van der Waals surface area contributed by atoms with Crippen LogP contribution in [0.5, 0.6) is 5.75 Å². The minimum absolute atomic E-state index is 0.166. The molecule has 1 aliphatic rings. The van der Waals surface area contributed by atoms with Crippen LogP contribution in [0.4, 0.5) is 5.69 Å². The number of para-hydroxylation sites is 1. The zero-order chi connectivity index (χ0) is 14.2. The van der Waals surface area contributed by atoms with Gasteiger partial charge >= 0.3 is 0 Å². The molecule has 0 bridgehead atoms. The minimum Gasteiger partial charge on any atom is -0.485 e. The third-order valence-corrected chi connectivity index (χ3v) is 4.44. The summed E-state index contributed by atoms with van der Waals surface area (Å²) in [7, 11) is 0. The van der Waals surface area contributed by atoms with Crippen molar-refractivity contribution in [3.63, 3.8) is 0 Å². The van der Waals surface area contributed by atoms with E-state index in [1.54, 1.807) is 11.8 Å². The second kappa shape index (κ2) is 5.06. The highest BCUT2D eigenvalue weighted by Gasteiger charge is 2.40. The molecule has 1 heterocycles. The molecule has 0 saturated carbocycles. The second-order valence-electron chi connectivity index (χ2n) is 5.55. The number of ether oxygens (including phenoxy) is 1. The molecule has 1 aliphatic heterocycles. The van der Waals surface area contributed by atoms with E-state index in [9.17, 15) is 0 Å². The average molecular weight is 285 g/mol. The highest BCUT2D eigenvalue weighted by molar-refractivity contribution is 7.98. The Morgan fingerprint density at radius 1 is 1.05 bits per heavy atom. The van der Waals surface area contributed by atoms with Crippen LogP contribution in [-0.4, -0.2) is 11.9 Å². The summed E-state index contributed by atoms with van der Waals surface area (Å²) in [6.07, 6.45) is 2.09. The summed E-state index contributed by atoms with van der Waals surface area (Å²) < 4.78 is 6.06. The molecular weight excluding hydrogens is 266 g/mol. The Balaban J connectivity index is 1.88. The van der Waals surface area contributed by atoms with Crippen molar-refractivity contribution >= 4 is 17.4 Å². The van der Waals surface area contributed by atoms with Crippen molar-refractivity contribution in [3.05, 3.63) is 54.1 Å². The highest BCUT2D eigenvalue weighted by Crippen LogP contribution is 2.44. The quantitative estimate of drug-likeness (QED) is 0.824. The maximum Gasteiger partial charge on any atom is 0.128 e. The molecule has 0 aromatic heterocycles. The van der Waals surface area contributed by atoms with Gasteiger partial charge in [0.2, 0.25) is 0 Å². The number of hydrogen-bond donors (Lipinski definition) is 1. The molecule has 1 N–H and O–H groups in total. The van der Waals surface area contributed by atoms with E-state index in [-0.39, 0.29) is 11.6 Å². The van der Waals surface area contributed by atoms with Crippen molar-refractivity contribution in [1.82, 2.24) is 0 Å². The predicted octanol–water partition coefficient (Wildman–Crippen LogP) is 4.73. The molecule has 3 heteroatoms. The molecule has 1 unspecified atom stereocenters. The van der Waals surface area contributed by atoms with E-state index < -0.39 is 0 Å². The Labute approximate surface area is 124 Å². The van der Waals surface area contributed by atoms with Gasteiger partial charge in [-0.2, -0.15) is 0 Å². The SMILES string of the molecule is CSc1ccc(NC2c3ccccc3OC2(C)C)cc1. The maximum absolute atomic E-state index is 6.06. The smallest absolute Gasteiger partial charge is 0.128 e. The molecule has 1 atom stereocenters. The topological polar surface area (TPSA) is 21.3 Å². The molecule has 2 nitrogen and oxygen atoms in total. The lowest BCUT2D eigenvalue weighted by molar-refractivity contribution is 0.118. The lowest BCUT2D eigenvalue weighted by Crippen LogP contribution is -2.34. The lowest BCUT2D eigenvalue weighted by Gasteiger charge is -2.28. The molecule has 0 spiro atoms. The first kappa shape index (κ1) is 13.4. The minimum atomic E-state index is -0.248. The summed E-state index contributed by atoms with van der Waals surface area (Å²) in [6, 6.07) is 17.0. The first-order valence-corrected chi connectivity index (χ1v) is 8.01.